The van der Waals surface area contributed by atoms with E-state index in [2.05, 4.69) is 42.3 Å². The molecule has 0 bridgehead atoms. The van der Waals surface area contributed by atoms with Crippen LogP contribution in [0.1, 0.15) is 26.5 Å². The van der Waals surface area contributed by atoms with Crippen LogP contribution >= 0.6 is 0 Å². The molecular formula is C15H21N3O2. The molecule has 0 aliphatic rings. The van der Waals surface area contributed by atoms with Crippen LogP contribution in [0.5, 0.6) is 5.75 Å². The van der Waals surface area contributed by atoms with Crippen LogP contribution in [0.3, 0.4) is 0 Å². The van der Waals surface area contributed by atoms with Gasteiger partial charge in [0.15, 0.2) is 6.61 Å². The van der Waals surface area contributed by atoms with Crippen molar-refractivity contribution in [2.24, 2.45) is 0 Å². The molecule has 0 spiro atoms. The van der Waals surface area contributed by atoms with Gasteiger partial charge in [0.25, 0.3) is 5.91 Å². The molecule has 0 saturated heterocycles. The van der Waals surface area contributed by atoms with Gasteiger partial charge in [-0.2, -0.15) is 0 Å². The van der Waals surface area contributed by atoms with Gasteiger partial charge in [-0.1, -0.05) is 5.92 Å². The van der Waals surface area contributed by atoms with E-state index < -0.39 is 0 Å². The molecule has 0 atom stereocenters. The molecule has 0 unspecified atom stereocenters. The molecule has 5 nitrogen and oxygen atoms in total. The van der Waals surface area contributed by atoms with E-state index in [9.17, 15) is 4.79 Å². The van der Waals surface area contributed by atoms with Gasteiger partial charge in [0, 0.05) is 12.1 Å². The Morgan fingerprint density at radius 1 is 1.45 bits per heavy atom. The van der Waals surface area contributed by atoms with Gasteiger partial charge in [0.05, 0.1) is 18.4 Å². The molecule has 1 aromatic heterocycles. The summed E-state index contributed by atoms with van der Waals surface area (Å²) in [6, 6.07) is 3.66. The van der Waals surface area contributed by atoms with Crippen molar-refractivity contribution in [3.63, 3.8) is 0 Å². The van der Waals surface area contributed by atoms with Crippen molar-refractivity contribution >= 4 is 5.91 Å². The average Bonchev–Trinajstić information content (AvgIpc) is 2.41. The smallest absolute Gasteiger partial charge is 0.258 e. The van der Waals surface area contributed by atoms with E-state index in [0.29, 0.717) is 12.3 Å². The normalized spacial score (nSPS) is 10.7. The highest BCUT2D eigenvalue weighted by atomic mass is 16.5. The van der Waals surface area contributed by atoms with E-state index in [1.54, 1.807) is 12.3 Å². The van der Waals surface area contributed by atoms with Gasteiger partial charge in [-0.25, -0.2) is 0 Å². The Hall–Kier alpha value is -2.06. The molecule has 5 heteroatoms. The van der Waals surface area contributed by atoms with Crippen LogP contribution in [-0.2, 0) is 11.3 Å². The Morgan fingerprint density at radius 3 is 2.75 bits per heavy atom. The number of carbonyl (C=O) groups excluding carboxylic acids is 1. The Morgan fingerprint density at radius 2 is 2.20 bits per heavy atom. The molecule has 1 amide bonds. The van der Waals surface area contributed by atoms with Crippen molar-refractivity contribution in [3.05, 3.63) is 24.0 Å². The second-order valence-electron chi connectivity index (χ2n) is 5.36. The fourth-order valence-electron chi connectivity index (χ4n) is 1.31. The number of pyridine rings is 1. The lowest BCUT2D eigenvalue weighted by Gasteiger charge is -2.20. The zero-order valence-corrected chi connectivity index (χ0v) is 12.2. The summed E-state index contributed by atoms with van der Waals surface area (Å²) in [6.07, 6.45) is 6.64. The van der Waals surface area contributed by atoms with Crippen LogP contribution in [0, 0.1) is 12.3 Å². The summed E-state index contributed by atoms with van der Waals surface area (Å²) in [5, 5.41) is 5.87. The zero-order valence-electron chi connectivity index (χ0n) is 12.2. The van der Waals surface area contributed by atoms with Gasteiger partial charge in [0.2, 0.25) is 0 Å². The number of amides is 1. The van der Waals surface area contributed by atoms with Crippen molar-refractivity contribution in [3.8, 4) is 18.1 Å². The second kappa shape index (κ2) is 7.51. The highest BCUT2D eigenvalue weighted by Crippen LogP contribution is 2.09. The van der Waals surface area contributed by atoms with Gasteiger partial charge >= 0.3 is 0 Å². The first-order valence-electron chi connectivity index (χ1n) is 6.43. The third-order valence-corrected chi connectivity index (χ3v) is 2.35. The van der Waals surface area contributed by atoms with Crippen molar-refractivity contribution < 1.29 is 9.53 Å². The van der Waals surface area contributed by atoms with E-state index in [4.69, 9.17) is 11.2 Å². The van der Waals surface area contributed by atoms with Gasteiger partial charge in [0.1, 0.15) is 5.75 Å². The predicted molar refractivity (Wildman–Crippen MR) is 78.2 cm³/mol. The van der Waals surface area contributed by atoms with Gasteiger partial charge in [-0.3, -0.25) is 9.78 Å². The van der Waals surface area contributed by atoms with E-state index in [-0.39, 0.29) is 24.6 Å². The molecule has 1 rings (SSSR count). The maximum atomic E-state index is 11.3. The quantitative estimate of drug-likeness (QED) is 0.763. The predicted octanol–water partition coefficient (Wildman–Crippen LogP) is 1.10. The maximum Gasteiger partial charge on any atom is 0.258 e. The first kappa shape index (κ1) is 16.0. The molecule has 1 aromatic rings. The number of ether oxygens (including phenoxy) is 1. The molecule has 0 aliphatic heterocycles. The lowest BCUT2D eigenvalue weighted by molar-refractivity contribution is -0.122. The van der Waals surface area contributed by atoms with Crippen molar-refractivity contribution in [2.45, 2.75) is 32.9 Å². The average molecular weight is 275 g/mol. The number of nitrogens with one attached hydrogen (secondary N) is 2. The standard InChI is InChI=1S/C15H21N3O2/c1-5-8-16-14(19)11-20-13-7-6-12(17-10-13)9-18-15(2,3)4/h1,6-7,10,18H,8-9,11H2,2-4H3,(H,16,19). The van der Waals surface area contributed by atoms with Crippen LogP contribution < -0.4 is 15.4 Å². The molecule has 0 radical (unpaired) electrons. The SMILES string of the molecule is C#CCNC(=O)COc1ccc(CNC(C)(C)C)nc1. The lowest BCUT2D eigenvalue weighted by Crippen LogP contribution is -2.35. The Labute approximate surface area is 120 Å². The van der Waals surface area contributed by atoms with Crippen LogP contribution in [0.2, 0.25) is 0 Å². The first-order valence-corrected chi connectivity index (χ1v) is 6.43. The molecule has 108 valence electrons. The van der Waals surface area contributed by atoms with E-state index in [0.717, 1.165) is 5.69 Å². The molecular weight excluding hydrogens is 254 g/mol. The summed E-state index contributed by atoms with van der Waals surface area (Å²) in [6.45, 7) is 7.12. The highest BCUT2D eigenvalue weighted by molar-refractivity contribution is 5.77. The lowest BCUT2D eigenvalue weighted by atomic mass is 10.1. The van der Waals surface area contributed by atoms with Crippen molar-refractivity contribution in [1.29, 1.82) is 0 Å². The number of terminal acetylenes is 1. The summed E-state index contributed by atoms with van der Waals surface area (Å²) in [4.78, 5) is 15.6. The third kappa shape index (κ3) is 6.76. The van der Waals surface area contributed by atoms with E-state index in [1.807, 2.05) is 6.07 Å². The molecule has 0 aromatic carbocycles. The minimum Gasteiger partial charge on any atom is -0.482 e. The van der Waals surface area contributed by atoms with Crippen LogP contribution in [-0.4, -0.2) is 29.6 Å². The van der Waals surface area contributed by atoms with Crippen LogP contribution in [0.25, 0.3) is 0 Å². The number of nitrogens with zero attached hydrogens (tertiary/aromatic N) is 1. The van der Waals surface area contributed by atoms with E-state index in [1.165, 1.54) is 0 Å². The number of rotatable bonds is 6. The van der Waals surface area contributed by atoms with E-state index >= 15 is 0 Å². The van der Waals surface area contributed by atoms with Gasteiger partial charge in [-0.15, -0.1) is 6.42 Å². The summed E-state index contributed by atoms with van der Waals surface area (Å²) in [5.74, 6) is 2.63. The first-order chi connectivity index (χ1) is 9.40. The Balaban J connectivity index is 2.39. The molecule has 1 heterocycles. The number of aromatic nitrogens is 1. The highest BCUT2D eigenvalue weighted by Gasteiger charge is 2.09. The minimum absolute atomic E-state index is 0.0476. The fourth-order valence-corrected chi connectivity index (χ4v) is 1.31. The third-order valence-electron chi connectivity index (χ3n) is 2.35. The fraction of sp³-hybridized carbons (Fsp3) is 0.467. The van der Waals surface area contributed by atoms with Gasteiger partial charge in [-0.05, 0) is 32.9 Å². The van der Waals surface area contributed by atoms with Crippen LogP contribution in [0.15, 0.2) is 18.3 Å². The molecule has 20 heavy (non-hydrogen) atoms. The summed E-state index contributed by atoms with van der Waals surface area (Å²) >= 11 is 0. The summed E-state index contributed by atoms with van der Waals surface area (Å²) in [5.41, 5.74) is 0.968. The number of hydrogen-bond acceptors (Lipinski definition) is 4. The molecule has 0 aliphatic carbocycles. The maximum absolute atomic E-state index is 11.3. The van der Waals surface area contributed by atoms with Crippen LogP contribution in [0.4, 0.5) is 0 Å². The molecule has 0 fully saturated rings. The zero-order chi connectivity index (χ0) is 15.0. The molecule has 0 saturated carbocycles. The topological polar surface area (TPSA) is 63.2 Å². The number of hydrogen-bond donors (Lipinski definition) is 2. The monoisotopic (exact) mass is 275 g/mol. The number of carbonyl (C=O) groups is 1. The summed E-state index contributed by atoms with van der Waals surface area (Å²) in [7, 11) is 0. The largest absolute Gasteiger partial charge is 0.482 e. The Bertz CT molecular complexity index is 469. The van der Waals surface area contributed by atoms with Crippen molar-refractivity contribution in [2.75, 3.05) is 13.2 Å². The van der Waals surface area contributed by atoms with Crippen molar-refractivity contribution in [1.82, 2.24) is 15.6 Å². The second-order valence-corrected chi connectivity index (χ2v) is 5.36. The minimum atomic E-state index is -0.249. The summed E-state index contributed by atoms with van der Waals surface area (Å²) < 4.78 is 5.30. The van der Waals surface area contributed by atoms with Gasteiger partial charge < -0.3 is 15.4 Å². The Kier molecular flexibility index (Phi) is 6.01. The molecule has 2 N–H and O–H groups in total.